The molecule has 0 saturated carbocycles. The standard InChI is InChI=1S/C21H26N2O4/c24-19(23-21(26)22-12-11-15-5-2-1-3-6-15)14-27-20(25)18-10-9-16-7-4-8-17(16)13-18/h5,9-10,13H,1-4,6-8,11-12,14H2,(H2,22,23,24,26). The maximum absolute atomic E-state index is 12.1. The van der Waals surface area contributed by atoms with Crippen molar-refractivity contribution < 1.29 is 19.1 Å². The second-order valence-corrected chi connectivity index (χ2v) is 7.08. The molecular weight excluding hydrogens is 344 g/mol. The number of carbonyl (C=O) groups is 3. The van der Waals surface area contributed by atoms with Crippen molar-refractivity contribution in [3.8, 4) is 0 Å². The van der Waals surface area contributed by atoms with Gasteiger partial charge < -0.3 is 10.1 Å². The Balaban J connectivity index is 1.35. The first-order valence-electron chi connectivity index (χ1n) is 9.66. The van der Waals surface area contributed by atoms with E-state index in [4.69, 9.17) is 4.74 Å². The van der Waals surface area contributed by atoms with Crippen molar-refractivity contribution in [1.29, 1.82) is 0 Å². The third-order valence-electron chi connectivity index (χ3n) is 5.04. The van der Waals surface area contributed by atoms with Crippen LogP contribution in [0.15, 0.2) is 29.8 Å². The summed E-state index contributed by atoms with van der Waals surface area (Å²) in [7, 11) is 0. The van der Waals surface area contributed by atoms with Crippen molar-refractivity contribution in [3.05, 3.63) is 46.5 Å². The largest absolute Gasteiger partial charge is 0.452 e. The van der Waals surface area contributed by atoms with Crippen LogP contribution in [-0.4, -0.2) is 31.1 Å². The van der Waals surface area contributed by atoms with Gasteiger partial charge in [-0.2, -0.15) is 0 Å². The topological polar surface area (TPSA) is 84.5 Å². The minimum Gasteiger partial charge on any atom is -0.452 e. The number of fused-ring (bicyclic) bond motifs is 1. The molecule has 0 spiro atoms. The molecule has 2 aliphatic rings. The predicted octanol–water partition coefficient (Wildman–Crippen LogP) is 3.05. The monoisotopic (exact) mass is 370 g/mol. The van der Waals surface area contributed by atoms with E-state index >= 15 is 0 Å². The zero-order valence-corrected chi connectivity index (χ0v) is 15.5. The summed E-state index contributed by atoms with van der Waals surface area (Å²) in [5, 5.41) is 4.84. The van der Waals surface area contributed by atoms with Crippen molar-refractivity contribution >= 4 is 17.9 Å². The molecular formula is C21H26N2O4. The molecule has 0 radical (unpaired) electrons. The summed E-state index contributed by atoms with van der Waals surface area (Å²) >= 11 is 0. The Kier molecular flexibility index (Phi) is 6.63. The van der Waals surface area contributed by atoms with Gasteiger partial charge in [0.05, 0.1) is 5.56 Å². The van der Waals surface area contributed by atoms with Crippen LogP contribution in [0.25, 0.3) is 0 Å². The van der Waals surface area contributed by atoms with Crippen LogP contribution in [0.3, 0.4) is 0 Å². The van der Waals surface area contributed by atoms with Gasteiger partial charge in [0.15, 0.2) is 6.61 Å². The fourth-order valence-electron chi connectivity index (χ4n) is 3.59. The van der Waals surface area contributed by atoms with Gasteiger partial charge in [0.25, 0.3) is 5.91 Å². The average molecular weight is 370 g/mol. The predicted molar refractivity (Wildman–Crippen MR) is 101 cm³/mol. The van der Waals surface area contributed by atoms with E-state index in [1.807, 2.05) is 12.1 Å². The minimum absolute atomic E-state index is 0.439. The van der Waals surface area contributed by atoms with E-state index in [-0.39, 0.29) is 0 Å². The molecule has 0 saturated heterocycles. The van der Waals surface area contributed by atoms with E-state index in [1.54, 1.807) is 6.07 Å². The van der Waals surface area contributed by atoms with Gasteiger partial charge in [-0.1, -0.05) is 17.7 Å². The third kappa shape index (κ3) is 5.67. The van der Waals surface area contributed by atoms with Crippen LogP contribution in [0.4, 0.5) is 4.79 Å². The van der Waals surface area contributed by atoms with Gasteiger partial charge >= 0.3 is 12.0 Å². The van der Waals surface area contributed by atoms with Crippen molar-refractivity contribution in [2.45, 2.75) is 51.4 Å². The normalized spacial score (nSPS) is 15.5. The molecule has 6 nitrogen and oxygen atoms in total. The lowest BCUT2D eigenvalue weighted by molar-refractivity contribution is -0.123. The van der Waals surface area contributed by atoms with E-state index in [9.17, 15) is 14.4 Å². The summed E-state index contributed by atoms with van der Waals surface area (Å²) in [5.74, 6) is -1.19. The highest BCUT2D eigenvalue weighted by Gasteiger charge is 2.16. The Bertz CT molecular complexity index is 755. The molecule has 2 N–H and O–H groups in total. The molecule has 1 aromatic carbocycles. The number of hydrogen-bond acceptors (Lipinski definition) is 4. The molecule has 3 rings (SSSR count). The molecule has 0 aromatic heterocycles. The van der Waals surface area contributed by atoms with Crippen LogP contribution in [-0.2, 0) is 22.4 Å². The molecule has 2 aliphatic carbocycles. The Hall–Kier alpha value is -2.63. The van der Waals surface area contributed by atoms with E-state index in [2.05, 4.69) is 16.7 Å². The lowest BCUT2D eigenvalue weighted by Gasteiger charge is -2.13. The summed E-state index contributed by atoms with van der Waals surface area (Å²) < 4.78 is 5.01. The van der Waals surface area contributed by atoms with Gasteiger partial charge in [0.1, 0.15) is 0 Å². The molecule has 6 heteroatoms. The Morgan fingerprint density at radius 3 is 2.67 bits per heavy atom. The van der Waals surface area contributed by atoms with Crippen LogP contribution in [0.2, 0.25) is 0 Å². The fraction of sp³-hybridized carbons (Fsp3) is 0.476. The number of imide groups is 1. The quantitative estimate of drug-likeness (QED) is 0.595. The number of aryl methyl sites for hydroxylation is 2. The minimum atomic E-state index is -0.640. The summed E-state index contributed by atoms with van der Waals surface area (Å²) in [5.41, 5.74) is 4.23. The first-order valence-corrected chi connectivity index (χ1v) is 9.66. The molecule has 0 heterocycles. The maximum Gasteiger partial charge on any atom is 0.338 e. The Morgan fingerprint density at radius 1 is 1.00 bits per heavy atom. The van der Waals surface area contributed by atoms with Crippen LogP contribution in [0.5, 0.6) is 0 Å². The van der Waals surface area contributed by atoms with E-state index < -0.39 is 24.5 Å². The second-order valence-electron chi connectivity index (χ2n) is 7.08. The summed E-state index contributed by atoms with van der Waals surface area (Å²) in [6, 6.07) is 4.92. The molecule has 144 valence electrons. The van der Waals surface area contributed by atoms with E-state index in [0.29, 0.717) is 12.1 Å². The molecule has 1 aromatic rings. The number of hydrogen-bond donors (Lipinski definition) is 2. The third-order valence-corrected chi connectivity index (χ3v) is 5.04. The molecule has 3 amide bonds. The van der Waals surface area contributed by atoms with Crippen molar-refractivity contribution in [1.82, 2.24) is 10.6 Å². The first-order chi connectivity index (χ1) is 13.1. The summed E-state index contributed by atoms with van der Waals surface area (Å²) in [4.78, 5) is 35.6. The fourth-order valence-corrected chi connectivity index (χ4v) is 3.59. The zero-order valence-electron chi connectivity index (χ0n) is 15.5. The number of amides is 3. The molecule has 0 atom stereocenters. The number of benzene rings is 1. The van der Waals surface area contributed by atoms with Crippen molar-refractivity contribution in [2.75, 3.05) is 13.2 Å². The second kappa shape index (κ2) is 9.35. The number of rotatable bonds is 6. The molecule has 27 heavy (non-hydrogen) atoms. The van der Waals surface area contributed by atoms with Gasteiger partial charge in [-0.25, -0.2) is 9.59 Å². The summed E-state index contributed by atoms with van der Waals surface area (Å²) in [6.45, 7) is 0.00828. The van der Waals surface area contributed by atoms with E-state index in [1.165, 1.54) is 29.5 Å². The molecule has 0 bridgehead atoms. The van der Waals surface area contributed by atoms with Crippen LogP contribution in [0, 0.1) is 0 Å². The number of urea groups is 1. The highest BCUT2D eigenvalue weighted by molar-refractivity contribution is 5.97. The smallest absolute Gasteiger partial charge is 0.338 e. The van der Waals surface area contributed by atoms with E-state index in [0.717, 1.165) is 38.5 Å². The number of allylic oxidation sites excluding steroid dienone is 1. The van der Waals surface area contributed by atoms with Crippen molar-refractivity contribution in [2.24, 2.45) is 0 Å². The lowest BCUT2D eigenvalue weighted by Crippen LogP contribution is -2.41. The van der Waals surface area contributed by atoms with Crippen LogP contribution < -0.4 is 10.6 Å². The summed E-state index contributed by atoms with van der Waals surface area (Å²) in [6.07, 6.45) is 10.8. The van der Waals surface area contributed by atoms with Crippen LogP contribution in [0.1, 0.15) is 60.0 Å². The Labute approximate surface area is 159 Å². The van der Waals surface area contributed by atoms with Gasteiger partial charge in [0.2, 0.25) is 0 Å². The van der Waals surface area contributed by atoms with Gasteiger partial charge in [-0.05, 0) is 74.6 Å². The number of nitrogens with one attached hydrogen (secondary N) is 2. The highest BCUT2D eigenvalue weighted by atomic mass is 16.5. The molecule has 0 unspecified atom stereocenters. The molecule has 0 aliphatic heterocycles. The zero-order chi connectivity index (χ0) is 19.1. The number of carbonyl (C=O) groups excluding carboxylic acids is 3. The maximum atomic E-state index is 12.1. The van der Waals surface area contributed by atoms with Crippen LogP contribution >= 0.6 is 0 Å². The Morgan fingerprint density at radius 2 is 1.85 bits per heavy atom. The lowest BCUT2D eigenvalue weighted by atomic mass is 9.97. The average Bonchev–Trinajstić information content (AvgIpc) is 3.14. The van der Waals surface area contributed by atoms with Crippen molar-refractivity contribution in [3.63, 3.8) is 0 Å². The van der Waals surface area contributed by atoms with Gasteiger partial charge in [-0.3, -0.25) is 10.1 Å². The SMILES string of the molecule is O=C(COC(=O)c1ccc2c(c1)CCC2)NC(=O)NCCC1=CCCCC1. The number of esters is 1. The molecule has 0 fully saturated rings. The van der Waals surface area contributed by atoms with Gasteiger partial charge in [-0.15, -0.1) is 0 Å². The number of ether oxygens (including phenoxy) is 1. The highest BCUT2D eigenvalue weighted by Crippen LogP contribution is 2.23. The first kappa shape index (κ1) is 19.1. The van der Waals surface area contributed by atoms with Gasteiger partial charge in [0, 0.05) is 6.54 Å².